The SMILES string of the molecule is CCC1N=C(Cc2c[nH]c3ccccc23)NO1. The summed E-state index contributed by atoms with van der Waals surface area (Å²) < 4.78 is 0. The fourth-order valence-electron chi connectivity index (χ4n) is 2.08. The van der Waals surface area contributed by atoms with Crippen molar-refractivity contribution in [2.45, 2.75) is 26.0 Å². The van der Waals surface area contributed by atoms with Crippen molar-refractivity contribution < 1.29 is 4.84 Å². The molecule has 0 bridgehead atoms. The molecule has 0 aliphatic carbocycles. The van der Waals surface area contributed by atoms with Crippen LogP contribution in [0.15, 0.2) is 35.5 Å². The molecule has 0 saturated heterocycles. The van der Waals surface area contributed by atoms with Crippen LogP contribution < -0.4 is 5.48 Å². The standard InChI is InChI=1S/C13H15N3O/c1-2-13-15-12(16-17-13)7-9-8-14-11-6-4-3-5-10(9)11/h3-6,8,13-14H,2,7H2,1H3,(H,15,16). The second-order valence-electron chi connectivity index (χ2n) is 4.19. The van der Waals surface area contributed by atoms with Gasteiger partial charge >= 0.3 is 0 Å². The monoisotopic (exact) mass is 229 g/mol. The molecule has 0 saturated carbocycles. The number of rotatable bonds is 3. The summed E-state index contributed by atoms with van der Waals surface area (Å²) in [6.07, 6.45) is 3.68. The molecule has 4 nitrogen and oxygen atoms in total. The van der Waals surface area contributed by atoms with Crippen molar-refractivity contribution >= 4 is 16.7 Å². The van der Waals surface area contributed by atoms with Gasteiger partial charge in [-0.3, -0.25) is 5.48 Å². The van der Waals surface area contributed by atoms with Gasteiger partial charge < -0.3 is 4.98 Å². The fraction of sp³-hybridized carbons (Fsp3) is 0.308. The number of aliphatic imine (C=N–C) groups is 1. The van der Waals surface area contributed by atoms with Crippen molar-refractivity contribution in [2.24, 2.45) is 4.99 Å². The van der Waals surface area contributed by atoms with Crippen molar-refractivity contribution in [1.82, 2.24) is 10.5 Å². The van der Waals surface area contributed by atoms with E-state index in [9.17, 15) is 0 Å². The van der Waals surface area contributed by atoms with Crippen LogP contribution in [0.4, 0.5) is 0 Å². The number of amidine groups is 1. The summed E-state index contributed by atoms with van der Waals surface area (Å²) in [5.41, 5.74) is 5.30. The molecule has 2 aromatic rings. The van der Waals surface area contributed by atoms with Crippen LogP contribution in [0.1, 0.15) is 18.9 Å². The second kappa shape index (κ2) is 4.22. The largest absolute Gasteiger partial charge is 0.361 e. The Morgan fingerprint density at radius 3 is 3.06 bits per heavy atom. The first-order valence-corrected chi connectivity index (χ1v) is 5.90. The van der Waals surface area contributed by atoms with Gasteiger partial charge in [0.15, 0.2) is 6.23 Å². The number of H-pyrrole nitrogens is 1. The molecular formula is C13H15N3O. The number of aromatic amines is 1. The van der Waals surface area contributed by atoms with Gasteiger partial charge in [0, 0.05) is 23.5 Å². The summed E-state index contributed by atoms with van der Waals surface area (Å²) in [6.45, 7) is 2.06. The van der Waals surface area contributed by atoms with Gasteiger partial charge in [0.25, 0.3) is 0 Å². The minimum Gasteiger partial charge on any atom is -0.361 e. The first-order valence-electron chi connectivity index (χ1n) is 5.90. The molecule has 1 unspecified atom stereocenters. The summed E-state index contributed by atoms with van der Waals surface area (Å²) >= 11 is 0. The van der Waals surface area contributed by atoms with Gasteiger partial charge in [-0.25, -0.2) is 9.83 Å². The maximum Gasteiger partial charge on any atom is 0.176 e. The number of benzene rings is 1. The average Bonchev–Trinajstić information content (AvgIpc) is 2.97. The van der Waals surface area contributed by atoms with Crippen LogP contribution >= 0.6 is 0 Å². The molecule has 2 N–H and O–H groups in total. The van der Waals surface area contributed by atoms with Crippen LogP contribution in [-0.2, 0) is 11.3 Å². The number of nitrogens with one attached hydrogen (secondary N) is 2. The lowest BCUT2D eigenvalue weighted by Crippen LogP contribution is -2.19. The van der Waals surface area contributed by atoms with Crippen LogP contribution in [0.25, 0.3) is 10.9 Å². The fourth-order valence-corrected chi connectivity index (χ4v) is 2.08. The minimum absolute atomic E-state index is 0.0322. The Labute approximate surface area is 99.7 Å². The maximum absolute atomic E-state index is 5.31. The Kier molecular flexibility index (Phi) is 2.57. The molecule has 0 fully saturated rings. The lowest BCUT2D eigenvalue weighted by atomic mass is 10.1. The molecular weight excluding hydrogens is 214 g/mol. The van der Waals surface area contributed by atoms with Crippen LogP contribution in [0.5, 0.6) is 0 Å². The van der Waals surface area contributed by atoms with Crippen LogP contribution in [0, 0.1) is 0 Å². The van der Waals surface area contributed by atoms with Crippen LogP contribution in [0.2, 0.25) is 0 Å². The molecule has 1 aromatic heterocycles. The molecule has 0 amide bonds. The minimum atomic E-state index is -0.0322. The molecule has 4 heteroatoms. The van der Waals surface area contributed by atoms with E-state index in [1.807, 2.05) is 12.3 Å². The molecule has 1 atom stereocenters. The summed E-state index contributed by atoms with van der Waals surface area (Å²) in [5, 5.41) is 1.25. The van der Waals surface area contributed by atoms with Gasteiger partial charge in [-0.1, -0.05) is 25.1 Å². The van der Waals surface area contributed by atoms with E-state index in [4.69, 9.17) is 4.84 Å². The van der Waals surface area contributed by atoms with Gasteiger partial charge in [-0.05, 0) is 18.1 Å². The maximum atomic E-state index is 5.31. The van der Waals surface area contributed by atoms with E-state index in [0.29, 0.717) is 0 Å². The molecule has 1 aliphatic heterocycles. The summed E-state index contributed by atoms with van der Waals surface area (Å²) in [4.78, 5) is 13.0. The first kappa shape index (κ1) is 10.4. The Morgan fingerprint density at radius 1 is 1.35 bits per heavy atom. The zero-order chi connectivity index (χ0) is 11.7. The van der Waals surface area contributed by atoms with Crippen molar-refractivity contribution in [3.05, 3.63) is 36.0 Å². The number of aromatic nitrogens is 1. The number of hydrogen-bond donors (Lipinski definition) is 2. The molecule has 1 aliphatic rings. The van der Waals surface area contributed by atoms with Crippen LogP contribution in [0.3, 0.4) is 0 Å². The van der Waals surface area contributed by atoms with E-state index < -0.39 is 0 Å². The predicted molar refractivity (Wildman–Crippen MR) is 67.7 cm³/mol. The van der Waals surface area contributed by atoms with Crippen LogP contribution in [-0.4, -0.2) is 17.0 Å². The highest BCUT2D eigenvalue weighted by Crippen LogP contribution is 2.19. The number of hydroxylamine groups is 1. The first-order chi connectivity index (χ1) is 8.36. The summed E-state index contributed by atoms with van der Waals surface area (Å²) in [7, 11) is 0. The zero-order valence-electron chi connectivity index (χ0n) is 9.73. The normalized spacial score (nSPS) is 19.4. The third-order valence-electron chi connectivity index (χ3n) is 2.99. The molecule has 88 valence electrons. The van der Waals surface area contributed by atoms with Gasteiger partial charge in [-0.2, -0.15) is 0 Å². The molecule has 1 aromatic carbocycles. The zero-order valence-corrected chi connectivity index (χ0v) is 9.73. The Morgan fingerprint density at radius 2 is 2.24 bits per heavy atom. The van der Waals surface area contributed by atoms with Gasteiger partial charge in [-0.15, -0.1) is 0 Å². The molecule has 2 heterocycles. The Bertz CT molecular complexity index is 559. The van der Waals surface area contributed by atoms with E-state index in [-0.39, 0.29) is 6.23 Å². The number of nitrogens with zero attached hydrogens (tertiary/aromatic N) is 1. The summed E-state index contributed by atoms with van der Waals surface area (Å²) in [6, 6.07) is 8.28. The lowest BCUT2D eigenvalue weighted by Gasteiger charge is -2.00. The Hall–Kier alpha value is -1.81. The van der Waals surface area contributed by atoms with Crippen molar-refractivity contribution in [1.29, 1.82) is 0 Å². The lowest BCUT2D eigenvalue weighted by molar-refractivity contribution is 0.0359. The topological polar surface area (TPSA) is 49.4 Å². The molecule has 0 radical (unpaired) electrons. The highest BCUT2D eigenvalue weighted by Gasteiger charge is 2.16. The second-order valence-corrected chi connectivity index (χ2v) is 4.19. The molecule has 0 spiro atoms. The smallest absolute Gasteiger partial charge is 0.176 e. The van der Waals surface area contributed by atoms with Gasteiger partial charge in [0.05, 0.1) is 0 Å². The van der Waals surface area contributed by atoms with Gasteiger partial charge in [0.2, 0.25) is 0 Å². The van der Waals surface area contributed by atoms with Gasteiger partial charge in [0.1, 0.15) is 5.84 Å². The van der Waals surface area contributed by atoms with Crippen molar-refractivity contribution in [3.8, 4) is 0 Å². The quantitative estimate of drug-likeness (QED) is 0.849. The third-order valence-corrected chi connectivity index (χ3v) is 2.99. The highest BCUT2D eigenvalue weighted by molar-refractivity contribution is 5.91. The van der Waals surface area contributed by atoms with E-state index in [2.05, 4.69) is 40.6 Å². The van der Waals surface area contributed by atoms with E-state index in [0.717, 1.165) is 24.2 Å². The third kappa shape index (κ3) is 1.91. The highest BCUT2D eigenvalue weighted by atomic mass is 16.7. The number of para-hydroxylation sites is 1. The van der Waals surface area contributed by atoms with Crippen molar-refractivity contribution in [3.63, 3.8) is 0 Å². The molecule has 17 heavy (non-hydrogen) atoms. The predicted octanol–water partition coefficient (Wildman–Crippen LogP) is 2.38. The van der Waals surface area contributed by atoms with E-state index in [1.165, 1.54) is 10.9 Å². The Balaban J connectivity index is 1.86. The number of fused-ring (bicyclic) bond motifs is 1. The van der Waals surface area contributed by atoms with Crippen molar-refractivity contribution in [2.75, 3.05) is 0 Å². The van der Waals surface area contributed by atoms with E-state index in [1.54, 1.807) is 0 Å². The molecule has 3 rings (SSSR count). The number of hydrogen-bond acceptors (Lipinski definition) is 3. The average molecular weight is 229 g/mol. The summed E-state index contributed by atoms with van der Waals surface area (Å²) in [5.74, 6) is 0.904. The van der Waals surface area contributed by atoms with E-state index >= 15 is 0 Å².